The van der Waals surface area contributed by atoms with Gasteiger partial charge in [-0.2, -0.15) is 0 Å². The number of nitrogens with one attached hydrogen (secondary N) is 1. The Kier molecular flexibility index (Phi) is 13.5. The summed E-state index contributed by atoms with van der Waals surface area (Å²) in [5.41, 5.74) is 0. The summed E-state index contributed by atoms with van der Waals surface area (Å²) in [6, 6.07) is 0. The molecule has 20 heavy (non-hydrogen) atoms. The van der Waals surface area contributed by atoms with Crippen molar-refractivity contribution < 1.29 is 27.4 Å². The molecule has 0 aliphatic carbocycles. The van der Waals surface area contributed by atoms with E-state index in [9.17, 15) is 8.42 Å². The number of ether oxygens (including phenoxy) is 4. The summed E-state index contributed by atoms with van der Waals surface area (Å²) >= 11 is 0. The van der Waals surface area contributed by atoms with Crippen LogP contribution in [0, 0.1) is 0 Å². The highest BCUT2D eigenvalue weighted by atomic mass is 32.2. The Hall–Kier alpha value is -0.250. The molecule has 0 saturated carbocycles. The third-order valence-electron chi connectivity index (χ3n) is 2.25. The molecule has 0 spiro atoms. The summed E-state index contributed by atoms with van der Waals surface area (Å²) in [7, 11) is -1.25. The van der Waals surface area contributed by atoms with Crippen molar-refractivity contribution in [1.82, 2.24) is 5.32 Å². The predicted octanol–water partition coefficient (Wildman–Crippen LogP) is -0.683. The van der Waals surface area contributed by atoms with E-state index in [1.807, 2.05) is 0 Å². The molecule has 0 radical (unpaired) electrons. The van der Waals surface area contributed by atoms with Crippen LogP contribution in [0.5, 0.6) is 0 Å². The van der Waals surface area contributed by atoms with Gasteiger partial charge in [-0.3, -0.25) is 0 Å². The zero-order chi connectivity index (χ0) is 15.1. The van der Waals surface area contributed by atoms with Crippen LogP contribution in [0.4, 0.5) is 0 Å². The number of sulfone groups is 1. The van der Waals surface area contributed by atoms with Gasteiger partial charge in [0.1, 0.15) is 9.84 Å². The van der Waals surface area contributed by atoms with Crippen LogP contribution in [0.1, 0.15) is 0 Å². The SMILES string of the molecule is COCCOCCOCCOCCNCCS(C)(=O)=O. The van der Waals surface area contributed by atoms with Crippen molar-refractivity contribution in [3.63, 3.8) is 0 Å². The fourth-order valence-electron chi connectivity index (χ4n) is 1.21. The average molecular weight is 313 g/mol. The van der Waals surface area contributed by atoms with Crippen molar-refractivity contribution in [2.24, 2.45) is 0 Å². The largest absolute Gasteiger partial charge is 0.382 e. The first-order chi connectivity index (χ1) is 9.56. The van der Waals surface area contributed by atoms with E-state index in [2.05, 4.69) is 5.32 Å². The molecule has 1 N–H and O–H groups in total. The van der Waals surface area contributed by atoms with Gasteiger partial charge in [0.2, 0.25) is 0 Å². The topological polar surface area (TPSA) is 83.1 Å². The third-order valence-corrected chi connectivity index (χ3v) is 3.19. The molecule has 0 aromatic rings. The van der Waals surface area contributed by atoms with Crippen molar-refractivity contribution in [2.75, 3.05) is 78.5 Å². The second-order valence-electron chi connectivity index (χ2n) is 4.21. The van der Waals surface area contributed by atoms with Crippen LogP contribution >= 0.6 is 0 Å². The Morgan fingerprint density at radius 1 is 0.800 bits per heavy atom. The summed E-state index contributed by atoms with van der Waals surface area (Å²) < 4.78 is 42.4. The Bertz CT molecular complexity index is 296. The summed E-state index contributed by atoms with van der Waals surface area (Å²) in [6.45, 7) is 4.94. The van der Waals surface area contributed by atoms with Gasteiger partial charge < -0.3 is 24.3 Å². The minimum Gasteiger partial charge on any atom is -0.382 e. The van der Waals surface area contributed by atoms with Crippen LogP contribution in [-0.4, -0.2) is 86.9 Å². The molecule has 0 rings (SSSR count). The average Bonchev–Trinajstić information content (AvgIpc) is 2.38. The highest BCUT2D eigenvalue weighted by molar-refractivity contribution is 7.90. The minimum absolute atomic E-state index is 0.152. The maximum absolute atomic E-state index is 10.8. The molecule has 0 aromatic carbocycles. The molecule has 0 unspecified atom stereocenters. The molecule has 7 nitrogen and oxygen atoms in total. The third kappa shape index (κ3) is 17.8. The van der Waals surface area contributed by atoms with Crippen LogP contribution in [0.15, 0.2) is 0 Å². The van der Waals surface area contributed by atoms with Gasteiger partial charge in [-0.15, -0.1) is 0 Å². The second-order valence-corrected chi connectivity index (χ2v) is 6.47. The molecule has 0 atom stereocenters. The summed E-state index contributed by atoms with van der Waals surface area (Å²) in [6.07, 6.45) is 1.22. The number of hydrogen-bond donors (Lipinski definition) is 1. The molecule has 0 bridgehead atoms. The van der Waals surface area contributed by atoms with Crippen LogP contribution in [0.3, 0.4) is 0 Å². The zero-order valence-corrected chi connectivity index (χ0v) is 13.2. The van der Waals surface area contributed by atoms with Crippen LogP contribution in [0.25, 0.3) is 0 Å². The van der Waals surface area contributed by atoms with E-state index in [-0.39, 0.29) is 5.75 Å². The molecule has 0 aliphatic rings. The molecule has 0 saturated heterocycles. The van der Waals surface area contributed by atoms with Gasteiger partial charge in [0.15, 0.2) is 0 Å². The highest BCUT2D eigenvalue weighted by Gasteiger charge is 1.99. The maximum Gasteiger partial charge on any atom is 0.148 e. The Morgan fingerprint density at radius 2 is 1.30 bits per heavy atom. The molecule has 122 valence electrons. The molecule has 0 fully saturated rings. The number of methoxy groups -OCH3 is 1. The van der Waals surface area contributed by atoms with Crippen LogP contribution < -0.4 is 5.32 Å². The quantitative estimate of drug-likeness (QED) is 0.401. The first-order valence-electron chi connectivity index (χ1n) is 6.67. The molecular formula is C12H27NO6S. The van der Waals surface area contributed by atoms with Crippen molar-refractivity contribution >= 4 is 9.84 Å². The normalized spacial score (nSPS) is 11.9. The van der Waals surface area contributed by atoms with E-state index < -0.39 is 9.84 Å². The summed E-state index contributed by atoms with van der Waals surface area (Å²) in [5.74, 6) is 0.152. The maximum atomic E-state index is 10.8. The Morgan fingerprint density at radius 3 is 1.80 bits per heavy atom. The van der Waals surface area contributed by atoms with E-state index in [0.29, 0.717) is 59.3 Å². The van der Waals surface area contributed by atoms with Gasteiger partial charge in [0, 0.05) is 26.5 Å². The van der Waals surface area contributed by atoms with E-state index in [0.717, 1.165) is 0 Å². The van der Waals surface area contributed by atoms with Gasteiger partial charge >= 0.3 is 0 Å². The van der Waals surface area contributed by atoms with Crippen molar-refractivity contribution in [2.45, 2.75) is 0 Å². The van der Waals surface area contributed by atoms with Crippen LogP contribution in [0.2, 0.25) is 0 Å². The fourth-order valence-corrected chi connectivity index (χ4v) is 1.73. The first-order valence-corrected chi connectivity index (χ1v) is 8.73. The molecule has 0 aromatic heterocycles. The van der Waals surface area contributed by atoms with Gasteiger partial charge in [-0.1, -0.05) is 0 Å². The van der Waals surface area contributed by atoms with E-state index in [4.69, 9.17) is 18.9 Å². The first kappa shape index (κ1) is 19.8. The minimum atomic E-state index is -2.88. The molecule has 0 amide bonds. The lowest BCUT2D eigenvalue weighted by Crippen LogP contribution is -2.26. The highest BCUT2D eigenvalue weighted by Crippen LogP contribution is 1.82. The van der Waals surface area contributed by atoms with Gasteiger partial charge in [-0.05, 0) is 0 Å². The smallest absolute Gasteiger partial charge is 0.148 e. The zero-order valence-electron chi connectivity index (χ0n) is 12.4. The lowest BCUT2D eigenvalue weighted by atomic mass is 10.6. The molecule has 0 aliphatic heterocycles. The molecule has 0 heterocycles. The second kappa shape index (κ2) is 13.7. The summed E-state index contributed by atoms with van der Waals surface area (Å²) in [4.78, 5) is 0. The van der Waals surface area contributed by atoms with Crippen molar-refractivity contribution in [3.8, 4) is 0 Å². The number of hydrogen-bond acceptors (Lipinski definition) is 7. The molecule has 8 heteroatoms. The van der Waals surface area contributed by atoms with E-state index >= 15 is 0 Å². The van der Waals surface area contributed by atoms with E-state index in [1.54, 1.807) is 7.11 Å². The monoisotopic (exact) mass is 313 g/mol. The Balaban J connectivity index is 3.03. The van der Waals surface area contributed by atoms with Crippen LogP contribution in [-0.2, 0) is 28.8 Å². The van der Waals surface area contributed by atoms with E-state index in [1.165, 1.54) is 6.26 Å². The standard InChI is InChI=1S/C12H27NO6S/c1-16-6-7-18-10-11-19-9-8-17-5-3-13-4-12-20(2,14)15/h13H,3-12H2,1-2H3. The lowest BCUT2D eigenvalue weighted by Gasteiger charge is -2.07. The van der Waals surface area contributed by atoms with Crippen molar-refractivity contribution in [3.05, 3.63) is 0 Å². The van der Waals surface area contributed by atoms with Gasteiger partial charge in [0.25, 0.3) is 0 Å². The lowest BCUT2D eigenvalue weighted by molar-refractivity contribution is 0.00414. The van der Waals surface area contributed by atoms with Gasteiger partial charge in [0.05, 0.1) is 52.0 Å². The van der Waals surface area contributed by atoms with Crippen molar-refractivity contribution in [1.29, 1.82) is 0 Å². The fraction of sp³-hybridized carbons (Fsp3) is 1.00. The number of rotatable bonds is 15. The molecular weight excluding hydrogens is 286 g/mol. The predicted molar refractivity (Wildman–Crippen MR) is 76.9 cm³/mol. The van der Waals surface area contributed by atoms with Gasteiger partial charge in [-0.25, -0.2) is 8.42 Å². The Labute approximate surface area is 121 Å². The summed E-state index contributed by atoms with van der Waals surface area (Å²) in [5, 5.41) is 3.00.